The number of benzene rings is 2. The number of hydrogen-bond donors (Lipinski definition) is 0. The zero-order valence-corrected chi connectivity index (χ0v) is 16.8. The highest BCUT2D eigenvalue weighted by Gasteiger charge is 2.52. The molecule has 1 aliphatic heterocycles. The Bertz CT molecular complexity index is 1030. The maximum atomic E-state index is 10.9. The molecule has 0 spiro atoms. The largest absolute Gasteiger partial charge is 0.498 e. The van der Waals surface area contributed by atoms with E-state index in [2.05, 4.69) is 0 Å². The summed E-state index contributed by atoms with van der Waals surface area (Å²) in [6.45, 7) is 8.04. The molecule has 0 amide bonds. The number of nitro groups is 1. The van der Waals surface area contributed by atoms with E-state index in [1.54, 1.807) is 16.8 Å². The van der Waals surface area contributed by atoms with Crippen LogP contribution in [0.4, 0.5) is 5.69 Å². The molecule has 0 atom stereocenters. The number of aromatic nitrogens is 2. The summed E-state index contributed by atoms with van der Waals surface area (Å²) in [4.78, 5) is 10.5. The second-order valence-electron chi connectivity index (χ2n) is 8.11. The van der Waals surface area contributed by atoms with Crippen molar-refractivity contribution < 1.29 is 14.2 Å². The molecule has 1 fully saturated rings. The summed E-state index contributed by atoms with van der Waals surface area (Å²) in [6.07, 6.45) is 1.87. The quantitative estimate of drug-likeness (QED) is 0.385. The first-order chi connectivity index (χ1) is 13.7. The van der Waals surface area contributed by atoms with Gasteiger partial charge in [-0.15, -0.1) is 0 Å². The normalized spacial score (nSPS) is 17.4. The van der Waals surface area contributed by atoms with E-state index in [-0.39, 0.29) is 5.69 Å². The van der Waals surface area contributed by atoms with Crippen molar-refractivity contribution in [3.8, 4) is 16.9 Å². The zero-order valence-electron chi connectivity index (χ0n) is 16.8. The lowest BCUT2D eigenvalue weighted by Gasteiger charge is -2.32. The van der Waals surface area contributed by atoms with Crippen molar-refractivity contribution in [3.63, 3.8) is 0 Å². The Balaban J connectivity index is 1.79. The number of nitro benzene ring substituents is 1. The molecule has 0 saturated carbocycles. The number of non-ortho nitro benzene ring substituents is 1. The van der Waals surface area contributed by atoms with Crippen LogP contribution in [0.1, 0.15) is 27.7 Å². The smallest absolute Gasteiger partial charge is 0.399 e. The van der Waals surface area contributed by atoms with Crippen molar-refractivity contribution in [2.45, 2.75) is 38.9 Å². The van der Waals surface area contributed by atoms with Crippen LogP contribution in [0.5, 0.6) is 0 Å². The molecule has 8 heteroatoms. The lowest BCUT2D eigenvalue weighted by Crippen LogP contribution is -2.41. The average Bonchev–Trinajstić information content (AvgIpc) is 3.21. The van der Waals surface area contributed by atoms with Crippen molar-refractivity contribution >= 4 is 18.3 Å². The molecular weight excluding hydrogens is 369 g/mol. The maximum Gasteiger partial charge on any atom is 0.498 e. The summed E-state index contributed by atoms with van der Waals surface area (Å²) in [5, 5.41) is 15.7. The van der Waals surface area contributed by atoms with Gasteiger partial charge in [-0.25, -0.2) is 4.68 Å². The fourth-order valence-electron chi connectivity index (χ4n) is 3.21. The highest BCUT2D eigenvalue weighted by molar-refractivity contribution is 6.63. The number of nitrogens with zero attached hydrogens (tertiary/aromatic N) is 3. The minimum atomic E-state index is -0.568. The second-order valence-corrected chi connectivity index (χ2v) is 8.11. The van der Waals surface area contributed by atoms with Gasteiger partial charge in [0.25, 0.3) is 5.69 Å². The van der Waals surface area contributed by atoms with Crippen LogP contribution in [0.3, 0.4) is 0 Å². The van der Waals surface area contributed by atoms with Gasteiger partial charge in [-0.05, 0) is 39.8 Å². The van der Waals surface area contributed by atoms with E-state index in [0.717, 1.165) is 22.4 Å². The van der Waals surface area contributed by atoms with Crippen LogP contribution in [0.15, 0.2) is 60.8 Å². The van der Waals surface area contributed by atoms with E-state index < -0.39 is 23.2 Å². The van der Waals surface area contributed by atoms with Crippen molar-refractivity contribution in [3.05, 3.63) is 70.9 Å². The van der Waals surface area contributed by atoms with E-state index in [9.17, 15) is 10.1 Å². The van der Waals surface area contributed by atoms with Gasteiger partial charge in [-0.2, -0.15) is 5.10 Å². The molecule has 7 nitrogen and oxygen atoms in total. The minimum absolute atomic E-state index is 0.0374. The molecule has 3 aromatic rings. The third kappa shape index (κ3) is 3.45. The Morgan fingerprint density at radius 3 is 2.10 bits per heavy atom. The highest BCUT2D eigenvalue weighted by atomic mass is 16.7. The van der Waals surface area contributed by atoms with E-state index in [1.807, 2.05) is 64.2 Å². The van der Waals surface area contributed by atoms with Crippen molar-refractivity contribution in [1.29, 1.82) is 0 Å². The third-order valence-corrected chi connectivity index (χ3v) is 5.62. The van der Waals surface area contributed by atoms with Crippen LogP contribution < -0.4 is 5.46 Å². The van der Waals surface area contributed by atoms with Crippen LogP contribution in [-0.2, 0) is 9.31 Å². The topological polar surface area (TPSA) is 79.4 Å². The zero-order chi connectivity index (χ0) is 20.8. The summed E-state index contributed by atoms with van der Waals surface area (Å²) in [7, 11) is -0.568. The van der Waals surface area contributed by atoms with E-state index in [0.29, 0.717) is 0 Å². The second kappa shape index (κ2) is 6.82. The van der Waals surface area contributed by atoms with Gasteiger partial charge < -0.3 is 9.31 Å². The van der Waals surface area contributed by atoms with Crippen LogP contribution in [-0.4, -0.2) is 33.0 Å². The van der Waals surface area contributed by atoms with Crippen molar-refractivity contribution in [2.75, 3.05) is 0 Å². The standard InChI is InChI=1S/C21H22BN3O4/c1-20(2)21(3,4)29-22(28-20)18-14-24(16-10-12-17(13-11-16)25(26)27)23-19(18)15-8-6-5-7-9-15/h5-14H,1-4H3. The van der Waals surface area contributed by atoms with Crippen LogP contribution in [0.2, 0.25) is 0 Å². The van der Waals surface area contributed by atoms with Gasteiger partial charge in [0.1, 0.15) is 0 Å². The highest BCUT2D eigenvalue weighted by Crippen LogP contribution is 2.37. The first-order valence-electron chi connectivity index (χ1n) is 9.43. The molecule has 148 valence electrons. The molecule has 1 aromatic heterocycles. The van der Waals surface area contributed by atoms with Crippen LogP contribution in [0.25, 0.3) is 16.9 Å². The molecule has 0 unspecified atom stereocenters. The van der Waals surface area contributed by atoms with Gasteiger partial charge in [0.05, 0.1) is 27.5 Å². The fraction of sp³-hybridized carbons (Fsp3) is 0.286. The summed E-state index contributed by atoms with van der Waals surface area (Å²) in [5.74, 6) is 0. The Morgan fingerprint density at radius 1 is 0.966 bits per heavy atom. The summed E-state index contributed by atoms with van der Waals surface area (Å²) in [6, 6.07) is 16.1. The summed E-state index contributed by atoms with van der Waals surface area (Å²) in [5.41, 5.74) is 2.32. The molecule has 4 rings (SSSR count). The van der Waals surface area contributed by atoms with Crippen molar-refractivity contribution in [1.82, 2.24) is 9.78 Å². The lowest BCUT2D eigenvalue weighted by molar-refractivity contribution is -0.384. The van der Waals surface area contributed by atoms with E-state index >= 15 is 0 Å². The minimum Gasteiger partial charge on any atom is -0.399 e. The molecule has 29 heavy (non-hydrogen) atoms. The average molecular weight is 391 g/mol. The van der Waals surface area contributed by atoms with Gasteiger partial charge in [-0.1, -0.05) is 30.3 Å². The van der Waals surface area contributed by atoms with Gasteiger partial charge in [0.15, 0.2) is 0 Å². The lowest BCUT2D eigenvalue weighted by atomic mass is 9.78. The summed E-state index contributed by atoms with van der Waals surface area (Å²) >= 11 is 0. The van der Waals surface area contributed by atoms with Gasteiger partial charge in [0, 0.05) is 29.4 Å². The molecule has 0 bridgehead atoms. The molecule has 0 radical (unpaired) electrons. The van der Waals surface area contributed by atoms with Gasteiger partial charge in [-0.3, -0.25) is 10.1 Å². The van der Waals surface area contributed by atoms with Gasteiger partial charge in [0.2, 0.25) is 0 Å². The molecule has 2 aromatic carbocycles. The first kappa shape index (κ1) is 19.4. The summed E-state index contributed by atoms with van der Waals surface area (Å²) < 4.78 is 14.2. The van der Waals surface area contributed by atoms with Crippen LogP contribution in [0, 0.1) is 10.1 Å². The van der Waals surface area contributed by atoms with Gasteiger partial charge >= 0.3 is 7.12 Å². The number of hydrogen-bond acceptors (Lipinski definition) is 5. The first-order valence-corrected chi connectivity index (χ1v) is 9.43. The Morgan fingerprint density at radius 2 is 1.55 bits per heavy atom. The Kier molecular flexibility index (Phi) is 4.55. The molecule has 0 aliphatic carbocycles. The van der Waals surface area contributed by atoms with Crippen molar-refractivity contribution in [2.24, 2.45) is 0 Å². The van der Waals surface area contributed by atoms with E-state index in [4.69, 9.17) is 14.4 Å². The fourth-order valence-corrected chi connectivity index (χ4v) is 3.21. The van der Waals surface area contributed by atoms with Crippen LogP contribution >= 0.6 is 0 Å². The number of rotatable bonds is 4. The molecule has 0 N–H and O–H groups in total. The predicted molar refractivity (Wildman–Crippen MR) is 111 cm³/mol. The molecule has 1 saturated heterocycles. The molecule has 2 heterocycles. The monoisotopic (exact) mass is 391 g/mol. The van der Waals surface area contributed by atoms with E-state index in [1.165, 1.54) is 12.1 Å². The third-order valence-electron chi connectivity index (χ3n) is 5.62. The molecular formula is C21H22BN3O4. The maximum absolute atomic E-state index is 10.9. The SMILES string of the molecule is CC1(C)OB(c2cn(-c3ccc([N+](=O)[O-])cc3)nc2-c2ccccc2)OC1(C)C. The predicted octanol–water partition coefficient (Wildman–Crippen LogP) is 3.75. The Hall–Kier alpha value is -2.97. The molecule has 1 aliphatic rings. The Labute approximate surface area is 169 Å².